The number of carbonyl (C=O) groups excluding carboxylic acids is 1. The number of hydrogen-bond donors (Lipinski definition) is 1. The Balaban J connectivity index is 2.20. The van der Waals surface area contributed by atoms with Crippen molar-refractivity contribution in [3.63, 3.8) is 0 Å². The van der Waals surface area contributed by atoms with E-state index in [1.165, 1.54) is 0 Å². The molecule has 0 aliphatic heterocycles. The molecule has 0 aliphatic carbocycles. The minimum Gasteiger partial charge on any atom is -0.369 e. The van der Waals surface area contributed by atoms with Crippen molar-refractivity contribution in [1.29, 1.82) is 0 Å². The van der Waals surface area contributed by atoms with Crippen LogP contribution in [0.2, 0.25) is 5.02 Å². The van der Waals surface area contributed by atoms with E-state index in [2.05, 4.69) is 5.10 Å². The fraction of sp³-hybridized carbons (Fsp3) is 0.375. The summed E-state index contributed by atoms with van der Waals surface area (Å²) >= 11 is 6.21. The molecule has 0 spiro atoms. The van der Waals surface area contributed by atoms with E-state index in [1.54, 1.807) is 0 Å². The molecule has 0 unspecified atom stereocenters. The van der Waals surface area contributed by atoms with Crippen LogP contribution in [-0.2, 0) is 17.9 Å². The Morgan fingerprint density at radius 3 is 2.68 bits per heavy atom. The molecule has 1 amide bonds. The average Bonchev–Trinajstić information content (AvgIpc) is 2.68. The van der Waals surface area contributed by atoms with Gasteiger partial charge in [0.1, 0.15) is 0 Å². The van der Waals surface area contributed by atoms with Crippen molar-refractivity contribution in [3.8, 4) is 0 Å². The summed E-state index contributed by atoms with van der Waals surface area (Å²) in [4.78, 5) is 12.9. The van der Waals surface area contributed by atoms with Gasteiger partial charge in [-0.2, -0.15) is 5.10 Å². The Bertz CT molecular complexity index is 681. The normalized spacial score (nSPS) is 11.1. The van der Waals surface area contributed by atoms with Crippen molar-refractivity contribution < 1.29 is 4.79 Å². The number of rotatable bonds is 6. The van der Waals surface area contributed by atoms with E-state index in [4.69, 9.17) is 17.3 Å². The minimum atomic E-state index is -0.332. The number of carbonyl (C=O) groups is 1. The molecule has 118 valence electrons. The maximum atomic E-state index is 11.0. The Labute approximate surface area is 135 Å². The summed E-state index contributed by atoms with van der Waals surface area (Å²) < 4.78 is 1.95. The first-order chi connectivity index (χ1) is 10.4. The standard InChI is InChI=1S/C16H21ClN4O/c1-11-14(9-20(3)10-16(18)22)12(2)21(19-11)8-13-6-4-5-7-15(13)17/h4-7H,8-10H2,1-3H3,(H2,18,22). The third-order valence-electron chi connectivity index (χ3n) is 3.66. The van der Waals surface area contributed by atoms with Crippen LogP contribution in [0.1, 0.15) is 22.5 Å². The van der Waals surface area contributed by atoms with Crippen LogP contribution in [0.3, 0.4) is 0 Å². The molecule has 2 rings (SSSR count). The molecule has 1 heterocycles. The van der Waals surface area contributed by atoms with E-state index in [0.717, 1.165) is 27.5 Å². The number of aromatic nitrogens is 2. The molecule has 5 nitrogen and oxygen atoms in total. The predicted octanol–water partition coefficient (Wildman–Crippen LogP) is 2.12. The zero-order chi connectivity index (χ0) is 16.3. The van der Waals surface area contributed by atoms with E-state index >= 15 is 0 Å². The molecule has 22 heavy (non-hydrogen) atoms. The number of primary amides is 1. The fourth-order valence-corrected chi connectivity index (χ4v) is 2.69. The zero-order valence-electron chi connectivity index (χ0n) is 13.1. The molecule has 0 saturated heterocycles. The summed E-state index contributed by atoms with van der Waals surface area (Å²) in [6.45, 7) is 5.51. The maximum Gasteiger partial charge on any atom is 0.231 e. The van der Waals surface area contributed by atoms with Gasteiger partial charge in [-0.15, -0.1) is 0 Å². The average molecular weight is 321 g/mol. The van der Waals surface area contributed by atoms with Crippen LogP contribution >= 0.6 is 11.6 Å². The lowest BCUT2D eigenvalue weighted by Gasteiger charge is -2.15. The topological polar surface area (TPSA) is 64.2 Å². The lowest BCUT2D eigenvalue weighted by atomic mass is 10.2. The summed E-state index contributed by atoms with van der Waals surface area (Å²) in [6, 6.07) is 7.76. The molecule has 6 heteroatoms. The van der Waals surface area contributed by atoms with Crippen LogP contribution in [0.15, 0.2) is 24.3 Å². The van der Waals surface area contributed by atoms with Gasteiger partial charge in [0.05, 0.1) is 18.8 Å². The summed E-state index contributed by atoms with van der Waals surface area (Å²) in [6.07, 6.45) is 0. The minimum absolute atomic E-state index is 0.231. The van der Waals surface area contributed by atoms with Gasteiger partial charge in [-0.05, 0) is 32.5 Å². The number of nitrogens with two attached hydrogens (primary N) is 1. The van der Waals surface area contributed by atoms with Crippen molar-refractivity contribution >= 4 is 17.5 Å². The Morgan fingerprint density at radius 2 is 2.05 bits per heavy atom. The second-order valence-electron chi connectivity index (χ2n) is 5.54. The number of nitrogens with zero attached hydrogens (tertiary/aromatic N) is 3. The highest BCUT2D eigenvalue weighted by Crippen LogP contribution is 2.20. The van der Waals surface area contributed by atoms with Crippen LogP contribution in [0.5, 0.6) is 0 Å². The first-order valence-electron chi connectivity index (χ1n) is 7.11. The maximum absolute atomic E-state index is 11.0. The third-order valence-corrected chi connectivity index (χ3v) is 4.03. The summed E-state index contributed by atoms with van der Waals surface area (Å²) in [5.41, 5.74) is 9.42. The Hall–Kier alpha value is -1.85. The number of amides is 1. The van der Waals surface area contributed by atoms with Crippen LogP contribution < -0.4 is 5.73 Å². The summed E-state index contributed by atoms with van der Waals surface area (Å²) in [7, 11) is 1.87. The molecule has 2 N–H and O–H groups in total. The number of halogens is 1. The SMILES string of the molecule is Cc1nn(Cc2ccccc2Cl)c(C)c1CN(C)CC(N)=O. The van der Waals surface area contributed by atoms with Gasteiger partial charge in [0.15, 0.2) is 0 Å². The molecule has 0 radical (unpaired) electrons. The second kappa shape index (κ2) is 6.94. The van der Waals surface area contributed by atoms with Gasteiger partial charge in [0, 0.05) is 22.8 Å². The number of hydrogen-bond acceptors (Lipinski definition) is 3. The lowest BCUT2D eigenvalue weighted by molar-refractivity contribution is -0.118. The molecule has 1 aromatic carbocycles. The molecule has 0 atom stereocenters. The van der Waals surface area contributed by atoms with E-state index in [1.807, 2.05) is 54.7 Å². The lowest BCUT2D eigenvalue weighted by Crippen LogP contribution is -2.30. The molecule has 2 aromatic rings. The van der Waals surface area contributed by atoms with E-state index < -0.39 is 0 Å². The van der Waals surface area contributed by atoms with Gasteiger partial charge in [0.25, 0.3) is 0 Å². The van der Waals surface area contributed by atoms with Gasteiger partial charge in [0.2, 0.25) is 5.91 Å². The van der Waals surface area contributed by atoms with E-state index in [0.29, 0.717) is 13.1 Å². The van der Waals surface area contributed by atoms with E-state index in [9.17, 15) is 4.79 Å². The summed E-state index contributed by atoms with van der Waals surface area (Å²) in [5, 5.41) is 5.33. The molecule has 0 fully saturated rings. The van der Waals surface area contributed by atoms with Gasteiger partial charge in [-0.25, -0.2) is 0 Å². The van der Waals surface area contributed by atoms with Crippen molar-refractivity contribution in [1.82, 2.24) is 14.7 Å². The largest absolute Gasteiger partial charge is 0.369 e. The van der Waals surface area contributed by atoms with Crippen molar-refractivity contribution in [2.75, 3.05) is 13.6 Å². The van der Waals surface area contributed by atoms with Gasteiger partial charge >= 0.3 is 0 Å². The molecular weight excluding hydrogens is 300 g/mol. The van der Waals surface area contributed by atoms with Crippen LogP contribution in [0.4, 0.5) is 0 Å². The summed E-state index contributed by atoms with van der Waals surface area (Å²) in [5.74, 6) is -0.332. The second-order valence-corrected chi connectivity index (χ2v) is 5.94. The van der Waals surface area contributed by atoms with Crippen molar-refractivity contribution in [2.45, 2.75) is 26.9 Å². The Morgan fingerprint density at radius 1 is 1.36 bits per heavy atom. The Kier molecular flexibility index (Phi) is 5.21. The predicted molar refractivity (Wildman–Crippen MR) is 87.8 cm³/mol. The molecular formula is C16H21ClN4O. The van der Waals surface area contributed by atoms with Gasteiger partial charge in [-0.3, -0.25) is 14.4 Å². The highest BCUT2D eigenvalue weighted by atomic mass is 35.5. The quantitative estimate of drug-likeness (QED) is 0.886. The van der Waals surface area contributed by atoms with Crippen LogP contribution in [0.25, 0.3) is 0 Å². The van der Waals surface area contributed by atoms with Crippen molar-refractivity contribution in [2.24, 2.45) is 5.73 Å². The first kappa shape index (κ1) is 16.5. The van der Waals surface area contributed by atoms with E-state index in [-0.39, 0.29) is 12.5 Å². The number of aryl methyl sites for hydroxylation is 1. The smallest absolute Gasteiger partial charge is 0.231 e. The zero-order valence-corrected chi connectivity index (χ0v) is 13.9. The van der Waals surface area contributed by atoms with Crippen LogP contribution in [-0.4, -0.2) is 34.2 Å². The van der Waals surface area contributed by atoms with Crippen LogP contribution in [0, 0.1) is 13.8 Å². The van der Waals surface area contributed by atoms with Crippen molar-refractivity contribution in [3.05, 3.63) is 51.8 Å². The van der Waals surface area contributed by atoms with Gasteiger partial charge < -0.3 is 5.73 Å². The fourth-order valence-electron chi connectivity index (χ4n) is 2.50. The number of benzene rings is 1. The monoisotopic (exact) mass is 320 g/mol. The third kappa shape index (κ3) is 3.87. The number of likely N-dealkylation sites (N-methyl/N-ethyl adjacent to an activating group) is 1. The molecule has 0 saturated carbocycles. The van der Waals surface area contributed by atoms with Gasteiger partial charge in [-0.1, -0.05) is 29.8 Å². The molecule has 0 aliphatic rings. The highest BCUT2D eigenvalue weighted by molar-refractivity contribution is 6.31. The molecule has 0 bridgehead atoms. The molecule has 1 aromatic heterocycles. The highest BCUT2D eigenvalue weighted by Gasteiger charge is 2.15. The first-order valence-corrected chi connectivity index (χ1v) is 7.49.